The Hall–Kier alpha value is -2.40. The molecule has 0 spiro atoms. The van der Waals surface area contributed by atoms with Crippen molar-refractivity contribution in [2.24, 2.45) is 5.92 Å². The average molecular weight is 380 g/mol. The number of methoxy groups -OCH3 is 1. The Kier molecular flexibility index (Phi) is 5.36. The fraction of sp³-hybridized carbons (Fsp3) is 0.478. The maximum absolute atomic E-state index is 13.6. The van der Waals surface area contributed by atoms with Crippen LogP contribution in [0.3, 0.4) is 0 Å². The van der Waals surface area contributed by atoms with Gasteiger partial charge in [-0.25, -0.2) is 0 Å². The SMILES string of the molecule is COc1ccc(C2(C(=O)N3C[C@@H](Cc4ccccn4)[C@H](O)C3)CCCC2)cc1. The fourth-order valence-electron chi connectivity index (χ4n) is 4.83. The van der Waals surface area contributed by atoms with Gasteiger partial charge in [-0.1, -0.05) is 31.0 Å². The Balaban J connectivity index is 1.53. The molecule has 148 valence electrons. The molecule has 2 aromatic rings. The maximum Gasteiger partial charge on any atom is 0.233 e. The summed E-state index contributed by atoms with van der Waals surface area (Å²) in [7, 11) is 1.65. The summed E-state index contributed by atoms with van der Waals surface area (Å²) < 4.78 is 5.28. The van der Waals surface area contributed by atoms with Gasteiger partial charge in [0.2, 0.25) is 5.91 Å². The molecule has 28 heavy (non-hydrogen) atoms. The minimum absolute atomic E-state index is 0.0353. The zero-order valence-corrected chi connectivity index (χ0v) is 16.4. The van der Waals surface area contributed by atoms with Crippen molar-refractivity contribution in [3.63, 3.8) is 0 Å². The molecule has 1 saturated carbocycles. The summed E-state index contributed by atoms with van der Waals surface area (Å²) in [5.41, 5.74) is 1.57. The molecular weight excluding hydrogens is 352 g/mol. The molecule has 1 aliphatic carbocycles. The van der Waals surface area contributed by atoms with E-state index < -0.39 is 11.5 Å². The van der Waals surface area contributed by atoms with Crippen LogP contribution in [0.4, 0.5) is 0 Å². The highest BCUT2D eigenvalue weighted by molar-refractivity contribution is 5.89. The smallest absolute Gasteiger partial charge is 0.233 e. The molecule has 5 heteroatoms. The monoisotopic (exact) mass is 380 g/mol. The van der Waals surface area contributed by atoms with Crippen LogP contribution in [0.1, 0.15) is 36.9 Å². The van der Waals surface area contributed by atoms with Crippen LogP contribution < -0.4 is 4.74 Å². The number of aromatic nitrogens is 1. The number of nitrogens with zero attached hydrogens (tertiary/aromatic N) is 2. The first-order chi connectivity index (χ1) is 13.6. The molecule has 0 bridgehead atoms. The number of ether oxygens (including phenoxy) is 1. The molecule has 5 nitrogen and oxygen atoms in total. The summed E-state index contributed by atoms with van der Waals surface area (Å²) in [5, 5.41) is 10.6. The van der Waals surface area contributed by atoms with Crippen molar-refractivity contribution in [2.45, 2.75) is 43.6 Å². The van der Waals surface area contributed by atoms with E-state index in [9.17, 15) is 9.90 Å². The molecule has 0 radical (unpaired) electrons. The van der Waals surface area contributed by atoms with Gasteiger partial charge >= 0.3 is 0 Å². The number of amides is 1. The van der Waals surface area contributed by atoms with Gasteiger partial charge in [-0.2, -0.15) is 0 Å². The molecular formula is C23H28N2O3. The molecule has 2 aliphatic rings. The van der Waals surface area contributed by atoms with Crippen LogP contribution in [-0.2, 0) is 16.6 Å². The lowest BCUT2D eigenvalue weighted by Crippen LogP contribution is -2.45. The third-order valence-corrected chi connectivity index (χ3v) is 6.40. The summed E-state index contributed by atoms with van der Waals surface area (Å²) in [4.78, 5) is 19.9. The second kappa shape index (κ2) is 7.92. The Morgan fingerprint density at radius 1 is 1.18 bits per heavy atom. The van der Waals surface area contributed by atoms with Crippen LogP contribution >= 0.6 is 0 Å². The molecule has 2 atom stereocenters. The van der Waals surface area contributed by atoms with E-state index in [0.29, 0.717) is 19.5 Å². The molecule has 1 amide bonds. The number of hydrogen-bond donors (Lipinski definition) is 1. The van der Waals surface area contributed by atoms with Crippen molar-refractivity contribution in [1.82, 2.24) is 9.88 Å². The maximum atomic E-state index is 13.6. The molecule has 2 heterocycles. The van der Waals surface area contributed by atoms with Crippen molar-refractivity contribution >= 4 is 5.91 Å². The number of aliphatic hydroxyl groups excluding tert-OH is 1. The van der Waals surface area contributed by atoms with E-state index in [1.807, 2.05) is 47.4 Å². The minimum Gasteiger partial charge on any atom is -0.497 e. The summed E-state index contributed by atoms with van der Waals surface area (Å²) in [6.07, 6.45) is 5.83. The molecule has 2 fully saturated rings. The van der Waals surface area contributed by atoms with E-state index in [1.165, 1.54) is 0 Å². The first-order valence-electron chi connectivity index (χ1n) is 10.1. The largest absolute Gasteiger partial charge is 0.497 e. The van der Waals surface area contributed by atoms with E-state index in [-0.39, 0.29) is 11.8 Å². The van der Waals surface area contributed by atoms with E-state index in [1.54, 1.807) is 13.3 Å². The van der Waals surface area contributed by atoms with Gasteiger partial charge in [-0.15, -0.1) is 0 Å². The summed E-state index contributed by atoms with van der Waals surface area (Å²) in [6.45, 7) is 1.00. The zero-order chi connectivity index (χ0) is 19.6. The summed E-state index contributed by atoms with van der Waals surface area (Å²) >= 11 is 0. The van der Waals surface area contributed by atoms with Gasteiger partial charge in [-0.3, -0.25) is 9.78 Å². The van der Waals surface area contributed by atoms with Crippen molar-refractivity contribution in [1.29, 1.82) is 0 Å². The Labute approximate surface area is 166 Å². The summed E-state index contributed by atoms with van der Waals surface area (Å²) in [6, 6.07) is 13.8. The van der Waals surface area contributed by atoms with Gasteiger partial charge in [-0.05, 0) is 49.1 Å². The van der Waals surface area contributed by atoms with Crippen LogP contribution in [0, 0.1) is 5.92 Å². The molecule has 1 aliphatic heterocycles. The Morgan fingerprint density at radius 3 is 2.57 bits per heavy atom. The molecule has 0 unspecified atom stereocenters. The van der Waals surface area contributed by atoms with Crippen LogP contribution in [0.5, 0.6) is 5.75 Å². The van der Waals surface area contributed by atoms with Gasteiger partial charge in [0.05, 0.1) is 18.6 Å². The predicted octanol–water partition coefficient (Wildman–Crippen LogP) is 2.96. The third kappa shape index (κ3) is 3.51. The lowest BCUT2D eigenvalue weighted by molar-refractivity contribution is -0.136. The molecule has 4 rings (SSSR count). The quantitative estimate of drug-likeness (QED) is 0.866. The summed E-state index contributed by atoms with van der Waals surface area (Å²) in [5.74, 6) is 1.00. The van der Waals surface area contributed by atoms with Crippen LogP contribution in [0.2, 0.25) is 0 Å². The lowest BCUT2D eigenvalue weighted by atomic mass is 9.77. The van der Waals surface area contributed by atoms with Gasteiger partial charge in [0.15, 0.2) is 0 Å². The first-order valence-corrected chi connectivity index (χ1v) is 10.1. The van der Waals surface area contributed by atoms with Crippen molar-refractivity contribution in [3.05, 3.63) is 59.9 Å². The van der Waals surface area contributed by atoms with Crippen LogP contribution in [-0.4, -0.2) is 47.2 Å². The third-order valence-electron chi connectivity index (χ3n) is 6.40. The number of benzene rings is 1. The minimum atomic E-state index is -0.500. The number of aliphatic hydroxyl groups is 1. The number of carbonyl (C=O) groups excluding carboxylic acids is 1. The predicted molar refractivity (Wildman–Crippen MR) is 107 cm³/mol. The second-order valence-corrected chi connectivity index (χ2v) is 8.08. The molecule has 1 aromatic carbocycles. The van der Waals surface area contributed by atoms with Gasteiger partial charge in [0.1, 0.15) is 5.75 Å². The number of pyridine rings is 1. The Morgan fingerprint density at radius 2 is 1.93 bits per heavy atom. The average Bonchev–Trinajstić information content (AvgIpc) is 3.37. The fourth-order valence-corrected chi connectivity index (χ4v) is 4.83. The standard InChI is InChI=1S/C23H28N2O3/c1-28-20-9-7-18(8-10-20)23(11-3-4-12-23)22(27)25-15-17(21(26)16-25)14-19-6-2-5-13-24-19/h2,5-10,13,17,21,26H,3-4,11-12,14-16H2,1H3/t17-,21-/m1/s1. The Bertz CT molecular complexity index is 800. The highest BCUT2D eigenvalue weighted by Crippen LogP contribution is 2.44. The number of rotatable bonds is 5. The van der Waals surface area contributed by atoms with E-state index in [0.717, 1.165) is 42.7 Å². The van der Waals surface area contributed by atoms with Gasteiger partial charge in [0.25, 0.3) is 0 Å². The highest BCUT2D eigenvalue weighted by Gasteiger charge is 2.47. The number of carbonyl (C=O) groups is 1. The lowest BCUT2D eigenvalue weighted by Gasteiger charge is -2.33. The van der Waals surface area contributed by atoms with Crippen molar-refractivity contribution in [3.8, 4) is 5.75 Å². The number of hydrogen-bond acceptors (Lipinski definition) is 4. The van der Waals surface area contributed by atoms with E-state index in [2.05, 4.69) is 4.98 Å². The van der Waals surface area contributed by atoms with Gasteiger partial charge in [0, 0.05) is 30.9 Å². The molecule has 1 N–H and O–H groups in total. The number of likely N-dealkylation sites (tertiary alicyclic amines) is 1. The van der Waals surface area contributed by atoms with E-state index >= 15 is 0 Å². The topological polar surface area (TPSA) is 62.7 Å². The highest BCUT2D eigenvalue weighted by atomic mass is 16.5. The molecule has 1 saturated heterocycles. The van der Waals surface area contributed by atoms with Crippen LogP contribution in [0.25, 0.3) is 0 Å². The number of β-amino-alcohol motifs (C(OH)–C–C–N with tert-alkyl or cyclic N) is 1. The zero-order valence-electron chi connectivity index (χ0n) is 16.4. The van der Waals surface area contributed by atoms with Crippen molar-refractivity contribution in [2.75, 3.05) is 20.2 Å². The molecule has 1 aromatic heterocycles. The van der Waals surface area contributed by atoms with Crippen LogP contribution in [0.15, 0.2) is 48.7 Å². The second-order valence-electron chi connectivity index (χ2n) is 8.08. The van der Waals surface area contributed by atoms with Crippen molar-refractivity contribution < 1.29 is 14.6 Å². The van der Waals surface area contributed by atoms with Gasteiger partial charge < -0.3 is 14.7 Å². The van der Waals surface area contributed by atoms with E-state index in [4.69, 9.17) is 4.74 Å². The first kappa shape index (κ1) is 18.9. The normalized spacial score (nSPS) is 23.7.